The molecule has 1 unspecified atom stereocenters. The molecule has 1 aliphatic heterocycles. The molecule has 2 heterocycles. The maximum absolute atomic E-state index is 13.2. The highest BCUT2D eigenvalue weighted by Gasteiger charge is 2.20. The Bertz CT molecular complexity index is 367. The highest BCUT2D eigenvalue weighted by Crippen LogP contribution is 2.19. The van der Waals surface area contributed by atoms with Crippen LogP contribution in [0.25, 0.3) is 0 Å². The van der Waals surface area contributed by atoms with Crippen molar-refractivity contribution in [2.24, 2.45) is 5.92 Å². The van der Waals surface area contributed by atoms with Crippen LogP contribution in [0.5, 0.6) is 0 Å². The quantitative estimate of drug-likeness (QED) is 0.744. The minimum Gasteiger partial charge on any atom is -0.356 e. The molecule has 0 aliphatic carbocycles. The first kappa shape index (κ1) is 10.1. The Morgan fingerprint density at radius 3 is 3.20 bits per heavy atom. The van der Waals surface area contributed by atoms with Crippen LogP contribution in [0, 0.1) is 11.9 Å². The first-order chi connectivity index (χ1) is 7.25. The molecule has 1 atom stereocenters. The van der Waals surface area contributed by atoms with Crippen molar-refractivity contribution in [2.75, 3.05) is 6.54 Å². The molecule has 15 heavy (non-hydrogen) atoms. The van der Waals surface area contributed by atoms with E-state index in [0.29, 0.717) is 24.9 Å². The van der Waals surface area contributed by atoms with E-state index in [1.54, 1.807) is 12.1 Å². The first-order valence-electron chi connectivity index (χ1n) is 5.12. The number of aromatic nitrogens is 1. The zero-order valence-corrected chi connectivity index (χ0v) is 8.37. The highest BCUT2D eigenvalue weighted by molar-refractivity contribution is 5.76. The lowest BCUT2D eigenvalue weighted by Crippen LogP contribution is -2.34. The number of hydrogen-bond donors (Lipinski definition) is 1. The van der Waals surface area contributed by atoms with Gasteiger partial charge in [-0.1, -0.05) is 6.07 Å². The van der Waals surface area contributed by atoms with Crippen molar-refractivity contribution in [1.29, 1.82) is 0 Å². The molecular formula is C11H13FN2O. The predicted molar refractivity (Wildman–Crippen MR) is 53.6 cm³/mol. The molecular weight excluding hydrogens is 195 g/mol. The highest BCUT2D eigenvalue weighted by atomic mass is 19.1. The van der Waals surface area contributed by atoms with Gasteiger partial charge in [0, 0.05) is 24.7 Å². The number of pyridine rings is 1. The van der Waals surface area contributed by atoms with E-state index >= 15 is 0 Å². The second-order valence-corrected chi connectivity index (χ2v) is 3.87. The third-order valence-electron chi connectivity index (χ3n) is 2.69. The van der Waals surface area contributed by atoms with Crippen molar-refractivity contribution in [3.63, 3.8) is 0 Å². The van der Waals surface area contributed by atoms with Gasteiger partial charge in [0.25, 0.3) is 0 Å². The Morgan fingerprint density at radius 1 is 1.60 bits per heavy atom. The fraction of sp³-hybridized carbons (Fsp3) is 0.455. The van der Waals surface area contributed by atoms with Crippen LogP contribution < -0.4 is 5.32 Å². The molecule has 0 bridgehead atoms. The van der Waals surface area contributed by atoms with Gasteiger partial charge in [0.15, 0.2) is 0 Å². The summed E-state index contributed by atoms with van der Waals surface area (Å²) in [6.07, 6.45) is 3.45. The first-order valence-corrected chi connectivity index (χ1v) is 5.12. The summed E-state index contributed by atoms with van der Waals surface area (Å²) in [4.78, 5) is 14.7. The number of carbonyl (C=O) groups excluding carboxylic acids is 1. The monoisotopic (exact) mass is 208 g/mol. The minimum absolute atomic E-state index is 0.0653. The van der Waals surface area contributed by atoms with E-state index in [1.807, 2.05) is 0 Å². The van der Waals surface area contributed by atoms with E-state index in [2.05, 4.69) is 10.3 Å². The third kappa shape index (κ3) is 2.52. The van der Waals surface area contributed by atoms with Crippen LogP contribution in [-0.2, 0) is 11.2 Å². The lowest BCUT2D eigenvalue weighted by molar-refractivity contribution is -0.123. The summed E-state index contributed by atoms with van der Waals surface area (Å²) in [5.74, 6) is -0.100. The van der Waals surface area contributed by atoms with Crippen molar-refractivity contribution in [3.05, 3.63) is 29.8 Å². The van der Waals surface area contributed by atoms with Crippen LogP contribution in [0.15, 0.2) is 18.3 Å². The Balaban J connectivity index is 2.02. The number of rotatable bonds is 2. The van der Waals surface area contributed by atoms with Gasteiger partial charge in [0.05, 0.1) is 0 Å². The number of hydrogen-bond acceptors (Lipinski definition) is 2. The van der Waals surface area contributed by atoms with Gasteiger partial charge in [-0.05, 0) is 24.8 Å². The Kier molecular flexibility index (Phi) is 2.94. The lowest BCUT2D eigenvalue weighted by atomic mass is 9.91. The van der Waals surface area contributed by atoms with E-state index in [4.69, 9.17) is 0 Å². The summed E-state index contributed by atoms with van der Waals surface area (Å²) in [5, 5.41) is 2.76. The zero-order chi connectivity index (χ0) is 10.7. The number of carbonyl (C=O) groups is 1. The number of halogens is 1. The molecule has 3 nitrogen and oxygen atoms in total. The molecule has 4 heteroatoms. The summed E-state index contributed by atoms with van der Waals surface area (Å²) in [7, 11) is 0. The van der Waals surface area contributed by atoms with Crippen molar-refractivity contribution < 1.29 is 9.18 Å². The van der Waals surface area contributed by atoms with E-state index in [9.17, 15) is 9.18 Å². The molecule has 0 radical (unpaired) electrons. The number of amides is 1. The summed E-state index contributed by atoms with van der Waals surface area (Å²) >= 11 is 0. The molecule has 1 aromatic rings. The van der Waals surface area contributed by atoms with E-state index in [0.717, 1.165) is 6.42 Å². The van der Waals surface area contributed by atoms with Crippen LogP contribution in [0.3, 0.4) is 0 Å². The van der Waals surface area contributed by atoms with Gasteiger partial charge in [-0.2, -0.15) is 4.39 Å². The smallest absolute Gasteiger partial charge is 0.220 e. The van der Waals surface area contributed by atoms with Crippen molar-refractivity contribution >= 4 is 5.91 Å². The number of piperidine rings is 1. The normalized spacial score (nSPS) is 21.1. The van der Waals surface area contributed by atoms with Crippen LogP contribution in [0.4, 0.5) is 4.39 Å². The molecule has 1 amide bonds. The lowest BCUT2D eigenvalue weighted by Gasteiger charge is -2.21. The minimum atomic E-state index is -0.413. The van der Waals surface area contributed by atoms with Crippen molar-refractivity contribution in [3.8, 4) is 0 Å². The van der Waals surface area contributed by atoms with Gasteiger partial charge in [-0.25, -0.2) is 4.98 Å². The molecule has 80 valence electrons. The average Bonchev–Trinajstić information content (AvgIpc) is 2.22. The fourth-order valence-electron chi connectivity index (χ4n) is 1.91. The van der Waals surface area contributed by atoms with Gasteiger partial charge < -0.3 is 5.32 Å². The Morgan fingerprint density at radius 2 is 2.47 bits per heavy atom. The number of nitrogens with one attached hydrogen (secondary N) is 1. The topological polar surface area (TPSA) is 42.0 Å². The maximum Gasteiger partial charge on any atom is 0.220 e. The van der Waals surface area contributed by atoms with E-state index in [-0.39, 0.29) is 11.8 Å². The van der Waals surface area contributed by atoms with Gasteiger partial charge in [0.2, 0.25) is 11.9 Å². The van der Waals surface area contributed by atoms with Gasteiger partial charge in [0.1, 0.15) is 0 Å². The van der Waals surface area contributed by atoms with E-state index in [1.165, 1.54) is 6.20 Å². The maximum atomic E-state index is 13.2. The molecule has 2 rings (SSSR count). The largest absolute Gasteiger partial charge is 0.356 e. The summed E-state index contributed by atoms with van der Waals surface area (Å²) < 4.78 is 13.2. The second kappa shape index (κ2) is 4.38. The number of nitrogens with zero attached hydrogens (tertiary/aromatic N) is 1. The summed E-state index contributed by atoms with van der Waals surface area (Å²) in [5.41, 5.74) is 0.609. The molecule has 1 fully saturated rings. The molecule has 0 spiro atoms. The second-order valence-electron chi connectivity index (χ2n) is 3.87. The summed E-state index contributed by atoms with van der Waals surface area (Å²) in [6.45, 7) is 0.700. The standard InChI is InChI=1S/C11H13FN2O/c12-11-9(2-1-4-14-11)6-8-3-5-13-10(15)7-8/h1-2,4,8H,3,5-7H2,(H,13,15). The van der Waals surface area contributed by atoms with Crippen molar-refractivity contribution in [1.82, 2.24) is 10.3 Å². The van der Waals surface area contributed by atoms with Crippen LogP contribution in [-0.4, -0.2) is 17.4 Å². The van der Waals surface area contributed by atoms with Gasteiger partial charge in [-0.15, -0.1) is 0 Å². The Labute approximate surface area is 87.7 Å². The third-order valence-corrected chi connectivity index (χ3v) is 2.69. The molecule has 1 aliphatic rings. The zero-order valence-electron chi connectivity index (χ0n) is 8.37. The molecule has 0 aromatic carbocycles. The Hall–Kier alpha value is -1.45. The summed E-state index contributed by atoms with van der Waals surface area (Å²) in [6, 6.07) is 3.45. The van der Waals surface area contributed by atoms with Crippen molar-refractivity contribution in [2.45, 2.75) is 19.3 Å². The molecule has 1 saturated heterocycles. The van der Waals surface area contributed by atoms with Crippen LogP contribution in [0.1, 0.15) is 18.4 Å². The molecule has 1 aromatic heterocycles. The van der Waals surface area contributed by atoms with Crippen LogP contribution >= 0.6 is 0 Å². The van der Waals surface area contributed by atoms with Gasteiger partial charge >= 0.3 is 0 Å². The van der Waals surface area contributed by atoms with E-state index < -0.39 is 5.95 Å². The molecule has 1 N–H and O–H groups in total. The fourth-order valence-corrected chi connectivity index (χ4v) is 1.91. The SMILES string of the molecule is O=C1CC(Cc2cccnc2F)CCN1. The average molecular weight is 208 g/mol. The molecule has 0 saturated carbocycles. The van der Waals surface area contributed by atoms with Gasteiger partial charge in [-0.3, -0.25) is 4.79 Å². The predicted octanol–water partition coefficient (Wildman–Crippen LogP) is 1.29. The van der Waals surface area contributed by atoms with Crippen LogP contribution in [0.2, 0.25) is 0 Å².